The molecule has 10 heteroatoms. The molecule has 0 bridgehead atoms. The van der Waals surface area contributed by atoms with Gasteiger partial charge in [-0.3, -0.25) is 19.5 Å². The Balaban J connectivity index is 1.59. The van der Waals surface area contributed by atoms with Gasteiger partial charge in [0, 0.05) is 36.0 Å². The fourth-order valence-electron chi connectivity index (χ4n) is 5.16. The van der Waals surface area contributed by atoms with E-state index in [0.717, 1.165) is 53.8 Å². The van der Waals surface area contributed by atoms with Crippen LogP contribution in [0.4, 0.5) is 0 Å². The van der Waals surface area contributed by atoms with Crippen LogP contribution in [0.2, 0.25) is 0 Å². The van der Waals surface area contributed by atoms with Crippen LogP contribution in [0.3, 0.4) is 0 Å². The van der Waals surface area contributed by atoms with Crippen molar-refractivity contribution >= 4 is 32.6 Å². The molecular formula is C30H35N5O4S. The average molecular weight is 562 g/mol. The van der Waals surface area contributed by atoms with Gasteiger partial charge in [0.1, 0.15) is 0 Å². The molecule has 0 aliphatic carbocycles. The Hall–Kier alpha value is -3.81. The average Bonchev–Trinajstić information content (AvgIpc) is 3.23. The highest BCUT2D eigenvalue weighted by Crippen LogP contribution is 2.30. The van der Waals surface area contributed by atoms with Crippen LogP contribution in [0.1, 0.15) is 59.8 Å². The van der Waals surface area contributed by atoms with Crippen molar-refractivity contribution in [3.05, 3.63) is 70.4 Å². The number of hydrogen-bond acceptors (Lipinski definition) is 7. The lowest BCUT2D eigenvalue weighted by Gasteiger charge is -2.25. The molecule has 1 saturated heterocycles. The molecule has 0 atom stereocenters. The number of nitrogens with one attached hydrogen (secondary N) is 1. The van der Waals surface area contributed by atoms with Crippen molar-refractivity contribution in [3.8, 4) is 11.8 Å². The SMILES string of the molecule is CC=CS(=O)(=O)CCNC(=O)CCc1cnc2c(C(=O)CN3CCCCC3)c(C)n(-c3ccc(C#N)cc3)c2c1. The number of pyridine rings is 1. The van der Waals surface area contributed by atoms with Crippen molar-refractivity contribution in [1.82, 2.24) is 19.8 Å². The number of sulfone groups is 1. The van der Waals surface area contributed by atoms with Crippen LogP contribution in [0.15, 0.2) is 48.0 Å². The molecule has 40 heavy (non-hydrogen) atoms. The maximum atomic E-state index is 13.6. The van der Waals surface area contributed by atoms with Crippen molar-refractivity contribution in [2.75, 3.05) is 31.9 Å². The van der Waals surface area contributed by atoms with E-state index in [1.54, 1.807) is 25.3 Å². The van der Waals surface area contributed by atoms with Gasteiger partial charge in [-0.1, -0.05) is 12.5 Å². The quantitative estimate of drug-likeness (QED) is 0.352. The third-order valence-electron chi connectivity index (χ3n) is 7.14. The van der Waals surface area contributed by atoms with E-state index in [-0.39, 0.29) is 30.4 Å². The number of benzene rings is 1. The standard InChI is InChI=1S/C30H35N5O4S/c1-3-16-40(38,39)17-13-32-28(37)12-9-24-18-26-30(33-20-24)29(27(36)21-34-14-5-4-6-15-34)22(2)35(26)25-10-7-23(19-31)8-11-25/h3,7-8,10-11,16,18,20H,4-6,9,12-15,17,21H2,1-2H3,(H,32,37). The normalized spacial score (nSPS) is 14.4. The second-order valence-corrected chi connectivity index (χ2v) is 12.1. The maximum Gasteiger partial charge on any atom is 0.220 e. The number of aromatic nitrogens is 2. The molecule has 0 radical (unpaired) electrons. The highest BCUT2D eigenvalue weighted by atomic mass is 32.2. The minimum absolute atomic E-state index is 0.0318. The molecule has 1 N–H and O–H groups in total. The second kappa shape index (κ2) is 13.0. The first-order valence-corrected chi connectivity index (χ1v) is 15.3. The number of piperidine rings is 1. The van der Waals surface area contributed by atoms with Gasteiger partial charge in [-0.25, -0.2) is 8.42 Å². The highest BCUT2D eigenvalue weighted by molar-refractivity contribution is 7.94. The number of likely N-dealkylation sites (tertiary alicyclic amines) is 1. The van der Waals surface area contributed by atoms with Crippen molar-refractivity contribution in [1.29, 1.82) is 5.26 Å². The first-order chi connectivity index (χ1) is 19.2. The van der Waals surface area contributed by atoms with Crippen molar-refractivity contribution in [2.45, 2.75) is 46.0 Å². The highest BCUT2D eigenvalue weighted by Gasteiger charge is 2.24. The third-order valence-corrected chi connectivity index (χ3v) is 8.60. The molecule has 1 aliphatic rings. The first-order valence-electron chi connectivity index (χ1n) is 13.6. The fraction of sp³-hybridized carbons (Fsp3) is 0.400. The van der Waals surface area contributed by atoms with E-state index in [1.165, 1.54) is 12.5 Å². The van der Waals surface area contributed by atoms with Gasteiger partial charge < -0.3 is 9.88 Å². The summed E-state index contributed by atoms with van der Waals surface area (Å²) < 4.78 is 25.6. The predicted octanol–water partition coefficient (Wildman–Crippen LogP) is 3.87. The van der Waals surface area contributed by atoms with Gasteiger partial charge in [-0.05, 0) is 82.1 Å². The van der Waals surface area contributed by atoms with Crippen LogP contribution in [0, 0.1) is 18.3 Å². The van der Waals surface area contributed by atoms with Gasteiger partial charge in [0.25, 0.3) is 0 Å². The summed E-state index contributed by atoms with van der Waals surface area (Å²) in [6.45, 7) is 5.78. The summed E-state index contributed by atoms with van der Waals surface area (Å²) in [5, 5.41) is 13.0. The van der Waals surface area contributed by atoms with Gasteiger partial charge >= 0.3 is 0 Å². The number of aryl methyl sites for hydroxylation is 1. The molecule has 1 fully saturated rings. The van der Waals surface area contributed by atoms with E-state index in [1.807, 2.05) is 29.7 Å². The van der Waals surface area contributed by atoms with Crippen molar-refractivity contribution in [2.24, 2.45) is 0 Å². The van der Waals surface area contributed by atoms with Gasteiger partial charge in [-0.2, -0.15) is 5.26 Å². The lowest BCUT2D eigenvalue weighted by Crippen LogP contribution is -2.34. The van der Waals surface area contributed by atoms with Gasteiger partial charge in [0.2, 0.25) is 5.91 Å². The van der Waals surface area contributed by atoms with Crippen LogP contribution in [0.25, 0.3) is 16.7 Å². The lowest BCUT2D eigenvalue weighted by molar-refractivity contribution is -0.120. The smallest absolute Gasteiger partial charge is 0.220 e. The Morgan fingerprint density at radius 2 is 1.88 bits per heavy atom. The number of fused-ring (bicyclic) bond motifs is 1. The van der Waals surface area contributed by atoms with E-state index in [2.05, 4.69) is 16.3 Å². The zero-order valence-corrected chi connectivity index (χ0v) is 23.8. The maximum absolute atomic E-state index is 13.6. The second-order valence-electron chi connectivity index (χ2n) is 10.1. The molecule has 1 aliphatic heterocycles. The first kappa shape index (κ1) is 29.2. The Morgan fingerprint density at radius 3 is 2.55 bits per heavy atom. The van der Waals surface area contributed by atoms with E-state index in [9.17, 15) is 23.3 Å². The zero-order valence-electron chi connectivity index (χ0n) is 23.0. The van der Waals surface area contributed by atoms with E-state index in [4.69, 9.17) is 4.98 Å². The number of nitriles is 1. The largest absolute Gasteiger partial charge is 0.355 e. The van der Waals surface area contributed by atoms with E-state index >= 15 is 0 Å². The Bertz CT molecular complexity index is 1560. The van der Waals surface area contributed by atoms with Gasteiger partial charge in [0.15, 0.2) is 15.6 Å². The number of Topliss-reactive ketones (excluding diaryl/α,β-unsaturated/α-hetero) is 1. The van der Waals surface area contributed by atoms with Crippen molar-refractivity contribution < 1.29 is 18.0 Å². The monoisotopic (exact) mass is 561 g/mol. The molecule has 1 amide bonds. The molecule has 3 heterocycles. The molecule has 2 aromatic heterocycles. The fourth-order valence-corrected chi connectivity index (χ4v) is 6.10. The molecule has 3 aromatic rings. The topological polar surface area (TPSA) is 125 Å². The number of amides is 1. The number of nitrogens with zero attached hydrogens (tertiary/aromatic N) is 4. The minimum atomic E-state index is -3.33. The van der Waals surface area contributed by atoms with Crippen LogP contribution in [-0.4, -0.2) is 66.5 Å². The summed E-state index contributed by atoms with van der Waals surface area (Å²) in [7, 11) is -3.33. The summed E-state index contributed by atoms with van der Waals surface area (Å²) in [6, 6.07) is 11.3. The van der Waals surface area contributed by atoms with E-state index < -0.39 is 9.84 Å². The Labute approximate surface area is 235 Å². The van der Waals surface area contributed by atoms with Crippen LogP contribution in [0.5, 0.6) is 0 Å². The molecular weight excluding hydrogens is 526 g/mol. The predicted molar refractivity (Wildman–Crippen MR) is 155 cm³/mol. The summed E-state index contributed by atoms with van der Waals surface area (Å²) >= 11 is 0. The number of allylic oxidation sites excluding steroid dienone is 1. The molecule has 9 nitrogen and oxygen atoms in total. The Kier molecular flexibility index (Phi) is 9.50. The van der Waals surface area contributed by atoms with Crippen LogP contribution >= 0.6 is 0 Å². The molecule has 210 valence electrons. The summed E-state index contributed by atoms with van der Waals surface area (Å²) in [6.07, 6.45) is 7.13. The van der Waals surface area contributed by atoms with Crippen molar-refractivity contribution in [3.63, 3.8) is 0 Å². The lowest BCUT2D eigenvalue weighted by atomic mass is 10.1. The summed E-state index contributed by atoms with van der Waals surface area (Å²) in [5.74, 6) is -0.363. The molecule has 0 saturated carbocycles. The number of carbonyl (C=O) groups is 2. The molecule has 0 unspecified atom stereocenters. The van der Waals surface area contributed by atoms with Crippen LogP contribution in [-0.2, 0) is 21.1 Å². The number of rotatable bonds is 11. The summed E-state index contributed by atoms with van der Waals surface area (Å²) in [4.78, 5) is 32.8. The van der Waals surface area contributed by atoms with Gasteiger partial charge in [-0.15, -0.1) is 0 Å². The Morgan fingerprint density at radius 1 is 1.15 bits per heavy atom. The number of carbonyl (C=O) groups excluding carboxylic acids is 2. The molecule has 1 aromatic carbocycles. The number of hydrogen-bond donors (Lipinski definition) is 1. The van der Waals surface area contributed by atoms with Gasteiger partial charge in [0.05, 0.1) is 40.5 Å². The van der Waals surface area contributed by atoms with Crippen LogP contribution < -0.4 is 5.32 Å². The third kappa shape index (κ3) is 7.03. The summed E-state index contributed by atoms with van der Waals surface area (Å²) in [5.41, 5.74) is 4.94. The van der Waals surface area contributed by atoms with E-state index in [0.29, 0.717) is 29.6 Å². The molecule has 4 rings (SSSR count). The minimum Gasteiger partial charge on any atom is -0.355 e. The molecule has 0 spiro atoms. The number of ketones is 1. The zero-order chi connectivity index (χ0) is 28.7.